The molecule has 8 rings (SSSR count). The van der Waals surface area contributed by atoms with Gasteiger partial charge in [0.1, 0.15) is 0 Å². The maximum atomic E-state index is 5.44. The van der Waals surface area contributed by atoms with Crippen LogP contribution < -0.4 is 21.3 Å². The predicted octanol–water partition coefficient (Wildman–Crippen LogP) is 8.70. The maximum absolute atomic E-state index is 5.44. The molecule has 2 aromatic heterocycles. The largest absolute Gasteiger partial charge is 0.381 e. The topological polar surface area (TPSA) is 70.5 Å². The number of nitrogens with zero attached hydrogens (tertiary/aromatic N) is 3. The number of anilines is 2. The van der Waals surface area contributed by atoms with E-state index in [0.29, 0.717) is 25.2 Å². The number of fused-ring (bicyclic) bond motifs is 2. The Morgan fingerprint density at radius 3 is 1.49 bits per heavy atom. The molecule has 4 heterocycles. The monoisotopic (exact) mass is 787 g/mol. The van der Waals surface area contributed by atoms with E-state index in [1.807, 2.05) is 36.4 Å². The second-order valence-electron chi connectivity index (χ2n) is 15.6. The van der Waals surface area contributed by atoms with Gasteiger partial charge in [0.2, 0.25) is 0 Å². The maximum Gasteiger partial charge on any atom is 0.0931 e. The van der Waals surface area contributed by atoms with Crippen LogP contribution >= 0.6 is 0 Å². The van der Waals surface area contributed by atoms with Crippen LogP contribution in [0.4, 0.5) is 11.4 Å². The summed E-state index contributed by atoms with van der Waals surface area (Å²) in [5, 5.41) is 16.7. The summed E-state index contributed by atoms with van der Waals surface area (Å²) < 4.78 is 10.0. The summed E-state index contributed by atoms with van der Waals surface area (Å²) in [6.07, 6.45) is 4.68. The number of likely N-dealkylation sites (tertiary alicyclic amines) is 1. The Hall–Kier alpha value is -5.48. The minimum atomic E-state index is 0.568. The van der Waals surface area contributed by atoms with Crippen LogP contribution in [0.1, 0.15) is 62.0 Å². The molecular weight excluding hydrogens is 727 g/mol. The summed E-state index contributed by atoms with van der Waals surface area (Å²) in [6, 6.07) is 39.6. The average molecular weight is 788 g/mol. The summed E-state index contributed by atoms with van der Waals surface area (Å²) >= 11 is 0. The standard InChI is InChI=1S/C26H32N4.C25H29N3O/c1-3-30-25(10-7-15-27-23-8-5-4-6-9-23)19-22-18-21(11-12-26(22)30)20-28-24-13-16-29(2)17-14-24;1-2-28-24(9-6-14-26-22-7-4-3-5-8-22)18-21-17-20(10-11-25(21)28)19-27-23-12-15-29-16-13-23/h4-6,8-9,11-12,18-19,24,27-28H,3,13-17,20H2,1-2H3;3-5,7-8,10-11,17-18,23,26-27H,2,12-16,19H2,1H3. The van der Waals surface area contributed by atoms with Crippen molar-refractivity contribution in [3.63, 3.8) is 0 Å². The van der Waals surface area contributed by atoms with Crippen LogP contribution in [0.25, 0.3) is 21.8 Å². The number of aromatic nitrogens is 2. The van der Waals surface area contributed by atoms with Gasteiger partial charge < -0.3 is 40.0 Å². The Morgan fingerprint density at radius 2 is 1.03 bits per heavy atom. The third kappa shape index (κ3) is 11.8. The molecule has 0 saturated carbocycles. The molecule has 0 atom stereocenters. The molecule has 6 aromatic rings. The van der Waals surface area contributed by atoms with Gasteiger partial charge in [0.25, 0.3) is 0 Å². The van der Waals surface area contributed by atoms with Gasteiger partial charge in [-0.2, -0.15) is 0 Å². The predicted molar refractivity (Wildman–Crippen MR) is 247 cm³/mol. The van der Waals surface area contributed by atoms with E-state index in [2.05, 4.69) is 153 Å². The molecule has 0 radical (unpaired) electrons. The molecule has 8 nitrogen and oxygen atoms in total. The van der Waals surface area contributed by atoms with E-state index in [4.69, 9.17) is 4.74 Å². The van der Waals surface area contributed by atoms with E-state index >= 15 is 0 Å². The number of piperidine rings is 1. The van der Waals surface area contributed by atoms with Crippen molar-refractivity contribution in [1.82, 2.24) is 24.7 Å². The lowest BCUT2D eigenvalue weighted by Gasteiger charge is -2.29. The smallest absolute Gasteiger partial charge is 0.0931 e. The molecule has 0 unspecified atom stereocenters. The summed E-state index contributed by atoms with van der Waals surface area (Å²) in [4.78, 5) is 2.41. The molecule has 4 N–H and O–H groups in total. The minimum Gasteiger partial charge on any atom is -0.381 e. The van der Waals surface area contributed by atoms with Crippen LogP contribution in [-0.4, -0.2) is 72.6 Å². The van der Waals surface area contributed by atoms with Gasteiger partial charge in [-0.15, -0.1) is 0 Å². The normalized spacial score (nSPS) is 14.8. The highest BCUT2D eigenvalue weighted by Crippen LogP contribution is 2.23. The van der Waals surface area contributed by atoms with Crippen molar-refractivity contribution in [1.29, 1.82) is 0 Å². The van der Waals surface area contributed by atoms with Crippen molar-refractivity contribution < 1.29 is 4.74 Å². The number of hydrogen-bond acceptors (Lipinski definition) is 6. The first-order valence-electron chi connectivity index (χ1n) is 21.6. The van der Waals surface area contributed by atoms with Crippen molar-refractivity contribution in [3.05, 3.63) is 132 Å². The minimum absolute atomic E-state index is 0.568. The summed E-state index contributed by atoms with van der Waals surface area (Å²) in [6.45, 7) is 13.4. The number of aryl methyl sites for hydroxylation is 2. The fourth-order valence-electron chi connectivity index (χ4n) is 8.06. The van der Waals surface area contributed by atoms with Crippen LogP contribution in [0.3, 0.4) is 0 Å². The summed E-state index contributed by atoms with van der Waals surface area (Å²) in [7, 11) is 2.21. The number of rotatable bonds is 12. The van der Waals surface area contributed by atoms with Crippen LogP contribution in [-0.2, 0) is 30.9 Å². The lowest BCUT2D eigenvalue weighted by atomic mass is 10.0. The highest BCUT2D eigenvalue weighted by molar-refractivity contribution is 5.84. The quantitative estimate of drug-likeness (QED) is 0.0932. The van der Waals surface area contributed by atoms with E-state index in [0.717, 1.165) is 75.0 Å². The SMILES string of the molecule is CCn1c(C#CCNc2ccccc2)cc2cc(CNC3CCN(C)CC3)ccc21.CCn1c(C#CCNc2ccccc2)cc2cc(CNC3CCOCC3)ccc21. The lowest BCUT2D eigenvalue weighted by molar-refractivity contribution is 0.0776. The van der Waals surface area contributed by atoms with Gasteiger partial charge in [0.15, 0.2) is 0 Å². The zero-order chi connectivity index (χ0) is 40.7. The number of ether oxygens (including phenoxy) is 1. The van der Waals surface area contributed by atoms with Crippen molar-refractivity contribution >= 4 is 33.2 Å². The van der Waals surface area contributed by atoms with Crippen LogP contribution in [0.5, 0.6) is 0 Å². The van der Waals surface area contributed by atoms with E-state index < -0.39 is 0 Å². The Labute approximate surface area is 351 Å². The highest BCUT2D eigenvalue weighted by Gasteiger charge is 2.16. The van der Waals surface area contributed by atoms with Gasteiger partial charge in [-0.05, 0) is 143 Å². The lowest BCUT2D eigenvalue weighted by Crippen LogP contribution is -2.40. The van der Waals surface area contributed by atoms with Crippen molar-refractivity contribution in [2.75, 3.05) is 57.1 Å². The molecule has 2 aliphatic heterocycles. The molecule has 0 bridgehead atoms. The van der Waals surface area contributed by atoms with Gasteiger partial charge in [-0.3, -0.25) is 0 Å². The fourth-order valence-corrected chi connectivity index (χ4v) is 8.06. The molecule has 2 fully saturated rings. The summed E-state index contributed by atoms with van der Waals surface area (Å²) in [5.74, 6) is 13.2. The first kappa shape index (κ1) is 41.7. The first-order chi connectivity index (χ1) is 29.1. The van der Waals surface area contributed by atoms with E-state index in [9.17, 15) is 0 Å². The molecule has 4 aromatic carbocycles. The molecule has 2 saturated heterocycles. The Balaban J connectivity index is 0.000000179. The average Bonchev–Trinajstić information content (AvgIpc) is 3.83. The second-order valence-corrected chi connectivity index (χ2v) is 15.6. The third-order valence-electron chi connectivity index (χ3n) is 11.4. The zero-order valence-corrected chi connectivity index (χ0v) is 35.2. The van der Waals surface area contributed by atoms with Crippen LogP contribution in [0.2, 0.25) is 0 Å². The molecular formula is C51H61N7O. The number of benzene rings is 4. The van der Waals surface area contributed by atoms with Crippen LogP contribution in [0.15, 0.2) is 109 Å². The van der Waals surface area contributed by atoms with Crippen molar-refractivity contribution in [2.24, 2.45) is 0 Å². The van der Waals surface area contributed by atoms with Gasteiger partial charge in [0, 0.05) is 84.7 Å². The third-order valence-corrected chi connectivity index (χ3v) is 11.4. The Morgan fingerprint density at radius 1 is 0.576 bits per heavy atom. The molecule has 0 amide bonds. The molecule has 0 spiro atoms. The van der Waals surface area contributed by atoms with Gasteiger partial charge >= 0.3 is 0 Å². The van der Waals surface area contributed by atoms with E-state index in [1.54, 1.807) is 0 Å². The van der Waals surface area contributed by atoms with E-state index in [-0.39, 0.29) is 0 Å². The highest BCUT2D eigenvalue weighted by atomic mass is 16.5. The molecule has 306 valence electrons. The Bertz CT molecular complexity index is 2340. The number of nitrogens with one attached hydrogen (secondary N) is 4. The number of para-hydroxylation sites is 2. The fraction of sp³-hybridized carbons (Fsp3) is 0.373. The van der Waals surface area contributed by atoms with Crippen molar-refractivity contribution in [3.8, 4) is 23.7 Å². The number of hydrogen-bond donors (Lipinski definition) is 4. The molecule has 2 aliphatic rings. The molecule has 59 heavy (non-hydrogen) atoms. The second kappa shape index (κ2) is 21.5. The van der Waals surface area contributed by atoms with Gasteiger partial charge in [-0.25, -0.2) is 0 Å². The molecule has 0 aliphatic carbocycles. The van der Waals surface area contributed by atoms with Crippen molar-refractivity contribution in [2.45, 2.75) is 77.8 Å². The zero-order valence-electron chi connectivity index (χ0n) is 35.2. The van der Waals surface area contributed by atoms with Gasteiger partial charge in [0.05, 0.1) is 24.5 Å². The van der Waals surface area contributed by atoms with Crippen LogP contribution in [0, 0.1) is 23.7 Å². The van der Waals surface area contributed by atoms with E-state index in [1.165, 1.54) is 58.9 Å². The Kier molecular flexibility index (Phi) is 15.2. The first-order valence-corrected chi connectivity index (χ1v) is 21.6. The molecule has 8 heteroatoms. The summed E-state index contributed by atoms with van der Waals surface area (Å²) in [5.41, 5.74) is 9.55. The van der Waals surface area contributed by atoms with Gasteiger partial charge in [-0.1, -0.05) is 60.4 Å².